The Morgan fingerprint density at radius 3 is 2.59 bits per heavy atom. The van der Waals surface area contributed by atoms with Crippen molar-refractivity contribution in [2.75, 3.05) is 17.6 Å². The summed E-state index contributed by atoms with van der Waals surface area (Å²) in [7, 11) is 0. The summed E-state index contributed by atoms with van der Waals surface area (Å²) in [5, 5.41) is 3.32. The van der Waals surface area contributed by atoms with Gasteiger partial charge in [-0.25, -0.2) is 4.39 Å². The average Bonchev–Trinajstić information content (AvgIpc) is 2.26. The average molecular weight is 236 g/mol. The first-order chi connectivity index (χ1) is 8.07. The second-order valence-electron chi connectivity index (χ2n) is 5.50. The van der Waals surface area contributed by atoms with E-state index in [-0.39, 0.29) is 5.82 Å². The lowest BCUT2D eigenvalue weighted by atomic mass is 9.76. The summed E-state index contributed by atoms with van der Waals surface area (Å²) >= 11 is 0. The van der Waals surface area contributed by atoms with Gasteiger partial charge in [0.1, 0.15) is 5.82 Å². The first-order valence-corrected chi connectivity index (χ1v) is 6.37. The van der Waals surface area contributed by atoms with Crippen LogP contribution in [0, 0.1) is 11.2 Å². The van der Waals surface area contributed by atoms with Crippen LogP contribution in [-0.2, 0) is 0 Å². The highest BCUT2D eigenvalue weighted by Crippen LogP contribution is 2.35. The van der Waals surface area contributed by atoms with E-state index in [1.807, 2.05) is 0 Å². The Balaban J connectivity index is 1.96. The Morgan fingerprint density at radius 2 is 1.94 bits per heavy atom. The number of benzene rings is 1. The van der Waals surface area contributed by atoms with E-state index in [2.05, 4.69) is 12.2 Å². The molecule has 0 radical (unpaired) electrons. The molecule has 1 fully saturated rings. The Morgan fingerprint density at radius 1 is 1.24 bits per heavy atom. The first kappa shape index (κ1) is 12.2. The zero-order chi connectivity index (χ0) is 12.3. The second kappa shape index (κ2) is 4.94. The van der Waals surface area contributed by atoms with Crippen molar-refractivity contribution in [3.8, 4) is 0 Å². The van der Waals surface area contributed by atoms with Crippen LogP contribution < -0.4 is 11.1 Å². The molecule has 0 aromatic heterocycles. The number of anilines is 2. The maximum absolute atomic E-state index is 13.2. The zero-order valence-corrected chi connectivity index (χ0v) is 10.4. The van der Waals surface area contributed by atoms with Crippen molar-refractivity contribution in [3.05, 3.63) is 24.0 Å². The van der Waals surface area contributed by atoms with Crippen LogP contribution in [0.5, 0.6) is 0 Å². The molecule has 0 unspecified atom stereocenters. The summed E-state index contributed by atoms with van der Waals surface area (Å²) in [6.45, 7) is 3.21. The minimum absolute atomic E-state index is 0.277. The lowest BCUT2D eigenvalue weighted by Crippen LogP contribution is -2.28. The molecule has 3 heteroatoms. The number of rotatable bonds is 3. The van der Waals surface area contributed by atoms with Gasteiger partial charge >= 0.3 is 0 Å². The number of nitrogens with two attached hydrogens (primary N) is 1. The van der Waals surface area contributed by atoms with Crippen LogP contribution in [0.25, 0.3) is 0 Å². The summed E-state index contributed by atoms with van der Waals surface area (Å²) < 4.78 is 13.2. The van der Waals surface area contributed by atoms with E-state index in [0.29, 0.717) is 11.1 Å². The number of hydrogen-bond donors (Lipinski definition) is 2. The molecule has 0 heterocycles. The van der Waals surface area contributed by atoms with Crippen molar-refractivity contribution in [2.24, 2.45) is 5.41 Å². The summed E-state index contributed by atoms with van der Waals surface area (Å²) in [6.07, 6.45) is 6.48. The van der Waals surface area contributed by atoms with Crippen molar-refractivity contribution in [3.63, 3.8) is 0 Å². The van der Waals surface area contributed by atoms with E-state index < -0.39 is 0 Å². The van der Waals surface area contributed by atoms with Gasteiger partial charge in [-0.15, -0.1) is 0 Å². The predicted molar refractivity (Wildman–Crippen MR) is 70.5 cm³/mol. The monoisotopic (exact) mass is 236 g/mol. The fraction of sp³-hybridized carbons (Fsp3) is 0.571. The summed E-state index contributed by atoms with van der Waals surface area (Å²) in [5.74, 6) is -0.277. The highest BCUT2D eigenvalue weighted by molar-refractivity contribution is 5.54. The van der Waals surface area contributed by atoms with E-state index in [9.17, 15) is 4.39 Å². The smallest absolute Gasteiger partial charge is 0.127 e. The topological polar surface area (TPSA) is 38.0 Å². The van der Waals surface area contributed by atoms with Crippen LogP contribution in [0.2, 0.25) is 0 Å². The predicted octanol–water partition coefficient (Wildman–Crippen LogP) is 3.79. The van der Waals surface area contributed by atoms with Crippen molar-refractivity contribution in [2.45, 2.75) is 39.0 Å². The molecule has 0 bridgehead atoms. The molecule has 1 aromatic carbocycles. The molecule has 2 rings (SSSR count). The Kier molecular flexibility index (Phi) is 3.55. The summed E-state index contributed by atoms with van der Waals surface area (Å²) in [6, 6.07) is 4.63. The minimum Gasteiger partial charge on any atom is -0.399 e. The first-order valence-electron chi connectivity index (χ1n) is 6.37. The van der Waals surface area contributed by atoms with Gasteiger partial charge in [0.05, 0.1) is 0 Å². The number of hydrogen-bond acceptors (Lipinski definition) is 2. The highest BCUT2D eigenvalue weighted by Gasteiger charge is 2.26. The molecule has 1 aromatic rings. The van der Waals surface area contributed by atoms with Gasteiger partial charge in [0, 0.05) is 17.9 Å². The van der Waals surface area contributed by atoms with Gasteiger partial charge in [0.25, 0.3) is 0 Å². The van der Waals surface area contributed by atoms with Gasteiger partial charge in [0.15, 0.2) is 0 Å². The van der Waals surface area contributed by atoms with Crippen LogP contribution in [0.1, 0.15) is 39.0 Å². The third kappa shape index (κ3) is 3.35. The van der Waals surface area contributed by atoms with E-state index in [1.165, 1.54) is 44.2 Å². The van der Waals surface area contributed by atoms with Crippen molar-refractivity contribution < 1.29 is 4.39 Å². The van der Waals surface area contributed by atoms with E-state index >= 15 is 0 Å². The molecule has 0 atom stereocenters. The van der Waals surface area contributed by atoms with Crippen LogP contribution >= 0.6 is 0 Å². The van der Waals surface area contributed by atoms with Crippen LogP contribution in [0.3, 0.4) is 0 Å². The maximum atomic E-state index is 13.2. The largest absolute Gasteiger partial charge is 0.399 e. The SMILES string of the molecule is CC1(CNc2cc(N)cc(F)c2)CCCCC1. The molecule has 1 aliphatic rings. The van der Waals surface area contributed by atoms with Crippen molar-refractivity contribution in [1.29, 1.82) is 0 Å². The van der Waals surface area contributed by atoms with Crippen LogP contribution in [0.4, 0.5) is 15.8 Å². The molecule has 94 valence electrons. The summed E-state index contributed by atoms with van der Waals surface area (Å²) in [4.78, 5) is 0. The van der Waals surface area contributed by atoms with Gasteiger partial charge < -0.3 is 11.1 Å². The third-order valence-corrected chi connectivity index (χ3v) is 3.70. The second-order valence-corrected chi connectivity index (χ2v) is 5.50. The molecule has 2 nitrogen and oxygen atoms in total. The minimum atomic E-state index is -0.277. The quantitative estimate of drug-likeness (QED) is 0.784. The van der Waals surface area contributed by atoms with Crippen molar-refractivity contribution >= 4 is 11.4 Å². The van der Waals surface area contributed by atoms with E-state index in [1.54, 1.807) is 6.07 Å². The molecule has 0 saturated heterocycles. The zero-order valence-electron chi connectivity index (χ0n) is 10.4. The van der Waals surface area contributed by atoms with E-state index in [4.69, 9.17) is 5.73 Å². The number of nitrogen functional groups attached to an aromatic ring is 1. The third-order valence-electron chi connectivity index (χ3n) is 3.70. The van der Waals surface area contributed by atoms with Gasteiger partial charge in [-0.1, -0.05) is 26.2 Å². The highest BCUT2D eigenvalue weighted by atomic mass is 19.1. The van der Waals surface area contributed by atoms with Crippen molar-refractivity contribution in [1.82, 2.24) is 0 Å². The molecule has 17 heavy (non-hydrogen) atoms. The van der Waals surface area contributed by atoms with Gasteiger partial charge in [-0.05, 0) is 36.5 Å². The molecule has 3 N–H and O–H groups in total. The standard InChI is InChI=1S/C14H21FN2/c1-14(5-3-2-4-6-14)10-17-13-8-11(15)7-12(16)9-13/h7-9,17H,2-6,10,16H2,1H3. The molecule has 1 saturated carbocycles. The molecule has 1 aliphatic carbocycles. The molecular formula is C14H21FN2. The Labute approximate surface area is 102 Å². The Hall–Kier alpha value is -1.25. The molecular weight excluding hydrogens is 215 g/mol. The fourth-order valence-electron chi connectivity index (χ4n) is 2.61. The lowest BCUT2D eigenvalue weighted by molar-refractivity contribution is 0.233. The van der Waals surface area contributed by atoms with Crippen LogP contribution in [0.15, 0.2) is 18.2 Å². The fourth-order valence-corrected chi connectivity index (χ4v) is 2.61. The van der Waals surface area contributed by atoms with Gasteiger partial charge in [-0.2, -0.15) is 0 Å². The normalized spacial score (nSPS) is 18.9. The molecule has 0 amide bonds. The lowest BCUT2D eigenvalue weighted by Gasteiger charge is -2.34. The van der Waals surface area contributed by atoms with Crippen LogP contribution in [-0.4, -0.2) is 6.54 Å². The molecule has 0 spiro atoms. The maximum Gasteiger partial charge on any atom is 0.127 e. The Bertz CT molecular complexity index is 364. The number of nitrogens with one attached hydrogen (secondary N) is 1. The molecule has 0 aliphatic heterocycles. The number of halogens is 1. The van der Waals surface area contributed by atoms with Gasteiger partial charge in [0.2, 0.25) is 0 Å². The summed E-state index contributed by atoms with van der Waals surface area (Å²) in [5.41, 5.74) is 7.23. The van der Waals surface area contributed by atoms with Gasteiger partial charge in [-0.3, -0.25) is 0 Å². The van der Waals surface area contributed by atoms with E-state index in [0.717, 1.165) is 12.2 Å².